The molecule has 0 bridgehead atoms. The van der Waals surface area contributed by atoms with Gasteiger partial charge in [0, 0.05) is 11.1 Å². The monoisotopic (exact) mass is 409 g/mol. The molecule has 3 rings (SSSR count). The van der Waals surface area contributed by atoms with Gasteiger partial charge in [-0.25, -0.2) is 0 Å². The Hall–Kier alpha value is -2.00. The molecule has 0 aromatic heterocycles. The third kappa shape index (κ3) is 4.67. The van der Waals surface area contributed by atoms with Gasteiger partial charge >= 0.3 is 0 Å². The number of piperidine rings is 1. The highest BCUT2D eigenvalue weighted by Gasteiger charge is 2.33. The molecular formula is C27H39NO2. The van der Waals surface area contributed by atoms with Crippen LogP contribution in [0.25, 0.3) is 0 Å². The molecule has 1 atom stereocenters. The third-order valence-electron chi connectivity index (χ3n) is 6.30. The maximum atomic E-state index is 11.6. The Kier molecular flexibility index (Phi) is 6.52. The average Bonchev–Trinajstić information content (AvgIpc) is 2.69. The second-order valence-electron chi connectivity index (χ2n) is 10.7. The molecule has 1 unspecified atom stereocenters. The van der Waals surface area contributed by atoms with Crippen molar-refractivity contribution < 1.29 is 9.84 Å². The fraction of sp³-hybridized carbons (Fsp3) is 0.556. The summed E-state index contributed by atoms with van der Waals surface area (Å²) in [4.78, 5) is 2.52. The van der Waals surface area contributed by atoms with Crippen LogP contribution in [0.15, 0.2) is 36.4 Å². The minimum atomic E-state index is -0.146. The molecule has 164 valence electrons. The number of methoxy groups -OCH3 is 1. The third-order valence-corrected chi connectivity index (χ3v) is 6.30. The number of likely N-dealkylation sites (tertiary alicyclic amines) is 1. The van der Waals surface area contributed by atoms with Crippen molar-refractivity contribution in [1.29, 1.82) is 0 Å². The first-order valence-corrected chi connectivity index (χ1v) is 11.3. The van der Waals surface area contributed by atoms with Gasteiger partial charge in [0.25, 0.3) is 0 Å². The van der Waals surface area contributed by atoms with Crippen molar-refractivity contribution in [3.05, 3.63) is 58.7 Å². The lowest BCUT2D eigenvalue weighted by Crippen LogP contribution is -2.35. The van der Waals surface area contributed by atoms with Gasteiger partial charge in [0.05, 0.1) is 13.2 Å². The maximum Gasteiger partial charge on any atom is 0.124 e. The first kappa shape index (κ1) is 22.7. The average molecular weight is 410 g/mol. The summed E-state index contributed by atoms with van der Waals surface area (Å²) in [5, 5.41) is 11.6. The lowest BCUT2D eigenvalue weighted by molar-refractivity contribution is 0.182. The fourth-order valence-corrected chi connectivity index (χ4v) is 4.50. The largest absolute Gasteiger partial charge is 0.507 e. The molecule has 1 N–H and O–H groups in total. The Morgan fingerprint density at radius 2 is 1.50 bits per heavy atom. The molecule has 1 fully saturated rings. The van der Waals surface area contributed by atoms with E-state index in [1.54, 1.807) is 7.11 Å². The second-order valence-corrected chi connectivity index (χ2v) is 10.7. The van der Waals surface area contributed by atoms with Crippen LogP contribution in [0.2, 0.25) is 0 Å². The van der Waals surface area contributed by atoms with E-state index in [-0.39, 0.29) is 16.9 Å². The standard InChI is InChI=1S/C27H39NO2/c1-26(2,3)19-17-21(25(29)22(18-19)27(4,5)6)24(28-15-11-8-12-16-28)20-13-9-10-14-23(20)30-7/h9-10,13-14,17-18,24,29H,8,11-12,15-16H2,1-7H3. The maximum absolute atomic E-state index is 11.6. The summed E-state index contributed by atoms with van der Waals surface area (Å²) in [6.07, 6.45) is 3.66. The highest BCUT2D eigenvalue weighted by molar-refractivity contribution is 5.54. The van der Waals surface area contributed by atoms with Crippen LogP contribution in [0.4, 0.5) is 0 Å². The topological polar surface area (TPSA) is 32.7 Å². The van der Waals surface area contributed by atoms with E-state index in [9.17, 15) is 5.11 Å². The molecule has 2 aromatic rings. The highest BCUT2D eigenvalue weighted by Crippen LogP contribution is 2.45. The molecule has 2 aromatic carbocycles. The Labute approximate surface area is 183 Å². The van der Waals surface area contributed by atoms with Crippen LogP contribution < -0.4 is 4.74 Å². The highest BCUT2D eigenvalue weighted by atomic mass is 16.5. The number of hydrogen-bond donors (Lipinski definition) is 1. The summed E-state index contributed by atoms with van der Waals surface area (Å²) in [6.45, 7) is 15.3. The van der Waals surface area contributed by atoms with Crippen LogP contribution >= 0.6 is 0 Å². The van der Waals surface area contributed by atoms with Crippen molar-refractivity contribution in [2.45, 2.75) is 77.7 Å². The van der Waals surface area contributed by atoms with Gasteiger partial charge < -0.3 is 9.84 Å². The molecule has 0 radical (unpaired) electrons. The van der Waals surface area contributed by atoms with Gasteiger partial charge in [0.15, 0.2) is 0 Å². The van der Waals surface area contributed by atoms with Crippen LogP contribution in [0, 0.1) is 0 Å². The first-order chi connectivity index (χ1) is 14.0. The Balaban J connectivity index is 2.29. The van der Waals surface area contributed by atoms with E-state index in [2.05, 4.69) is 70.7 Å². The number of benzene rings is 2. The zero-order chi connectivity index (χ0) is 22.1. The Morgan fingerprint density at radius 3 is 2.07 bits per heavy atom. The number of rotatable bonds is 4. The number of nitrogens with zero attached hydrogens (tertiary/aromatic N) is 1. The van der Waals surface area contributed by atoms with Gasteiger partial charge in [0.2, 0.25) is 0 Å². The van der Waals surface area contributed by atoms with Gasteiger partial charge in [-0.15, -0.1) is 0 Å². The van der Waals surface area contributed by atoms with Gasteiger partial charge in [-0.2, -0.15) is 0 Å². The molecule has 1 heterocycles. The van der Waals surface area contributed by atoms with E-state index in [1.807, 2.05) is 12.1 Å². The van der Waals surface area contributed by atoms with E-state index in [1.165, 1.54) is 24.8 Å². The number of phenolic OH excluding ortho intramolecular Hbond substituents is 1. The SMILES string of the molecule is COc1ccccc1C(c1cc(C(C)(C)C)cc(C(C)(C)C)c1O)N1CCCCC1. The van der Waals surface area contributed by atoms with Crippen molar-refractivity contribution in [3.8, 4) is 11.5 Å². The number of aromatic hydroxyl groups is 1. The lowest BCUT2D eigenvalue weighted by atomic mass is 9.77. The van der Waals surface area contributed by atoms with E-state index in [0.717, 1.165) is 35.5 Å². The minimum absolute atomic E-state index is 0.00429. The van der Waals surface area contributed by atoms with E-state index in [4.69, 9.17) is 4.74 Å². The van der Waals surface area contributed by atoms with Crippen molar-refractivity contribution in [3.63, 3.8) is 0 Å². The molecular weight excluding hydrogens is 370 g/mol. The lowest BCUT2D eigenvalue weighted by Gasteiger charge is -2.38. The van der Waals surface area contributed by atoms with Crippen molar-refractivity contribution in [2.75, 3.05) is 20.2 Å². The van der Waals surface area contributed by atoms with Crippen molar-refractivity contribution in [1.82, 2.24) is 4.90 Å². The second kappa shape index (κ2) is 8.63. The van der Waals surface area contributed by atoms with E-state index < -0.39 is 0 Å². The molecule has 1 saturated heterocycles. The molecule has 0 spiro atoms. The Morgan fingerprint density at radius 1 is 0.867 bits per heavy atom. The molecule has 3 heteroatoms. The molecule has 30 heavy (non-hydrogen) atoms. The summed E-state index contributed by atoms with van der Waals surface area (Å²) in [5.41, 5.74) is 4.25. The molecule has 0 saturated carbocycles. The molecule has 0 aliphatic carbocycles. The van der Waals surface area contributed by atoms with Gasteiger partial charge in [-0.3, -0.25) is 4.90 Å². The zero-order valence-corrected chi connectivity index (χ0v) is 19.9. The van der Waals surface area contributed by atoms with Gasteiger partial charge in [-0.1, -0.05) is 72.2 Å². The number of hydrogen-bond acceptors (Lipinski definition) is 3. The van der Waals surface area contributed by atoms with E-state index in [0.29, 0.717) is 5.75 Å². The Bertz CT molecular complexity index is 867. The minimum Gasteiger partial charge on any atom is -0.507 e. The molecule has 1 aliphatic rings. The first-order valence-electron chi connectivity index (χ1n) is 11.3. The smallest absolute Gasteiger partial charge is 0.124 e. The predicted octanol–water partition coefficient (Wildman–Crippen LogP) is 6.57. The van der Waals surface area contributed by atoms with Crippen molar-refractivity contribution >= 4 is 0 Å². The van der Waals surface area contributed by atoms with Crippen LogP contribution in [0.3, 0.4) is 0 Å². The number of ether oxygens (including phenoxy) is 1. The molecule has 1 aliphatic heterocycles. The summed E-state index contributed by atoms with van der Waals surface area (Å²) in [6, 6.07) is 12.7. The van der Waals surface area contributed by atoms with Crippen LogP contribution in [-0.4, -0.2) is 30.2 Å². The summed E-state index contributed by atoms with van der Waals surface area (Å²) in [7, 11) is 1.73. The predicted molar refractivity (Wildman–Crippen MR) is 126 cm³/mol. The summed E-state index contributed by atoms with van der Waals surface area (Å²) in [5.74, 6) is 1.31. The number of para-hydroxylation sites is 1. The van der Waals surface area contributed by atoms with Gasteiger partial charge in [-0.05, 0) is 60.0 Å². The van der Waals surface area contributed by atoms with Gasteiger partial charge in [0.1, 0.15) is 11.5 Å². The normalized spacial score (nSPS) is 17.0. The van der Waals surface area contributed by atoms with E-state index >= 15 is 0 Å². The van der Waals surface area contributed by atoms with Crippen LogP contribution in [0.1, 0.15) is 89.1 Å². The zero-order valence-electron chi connectivity index (χ0n) is 19.9. The summed E-state index contributed by atoms with van der Waals surface area (Å²) >= 11 is 0. The molecule has 3 nitrogen and oxygen atoms in total. The summed E-state index contributed by atoms with van der Waals surface area (Å²) < 4.78 is 5.77. The van der Waals surface area contributed by atoms with Crippen LogP contribution in [-0.2, 0) is 10.8 Å². The molecule has 0 amide bonds. The fourth-order valence-electron chi connectivity index (χ4n) is 4.50. The number of phenols is 1. The quantitative estimate of drug-likeness (QED) is 0.620. The van der Waals surface area contributed by atoms with Crippen molar-refractivity contribution in [2.24, 2.45) is 0 Å². The van der Waals surface area contributed by atoms with Crippen LogP contribution in [0.5, 0.6) is 11.5 Å².